The van der Waals surface area contributed by atoms with Crippen LogP contribution >= 0.6 is 0 Å². The molecule has 0 saturated heterocycles. The maximum Gasteiger partial charge on any atom is 0.121 e. The van der Waals surface area contributed by atoms with Gasteiger partial charge >= 0.3 is 0 Å². The molecule has 2 aromatic carbocycles. The summed E-state index contributed by atoms with van der Waals surface area (Å²) in [5.41, 5.74) is 2.63. The van der Waals surface area contributed by atoms with Crippen LogP contribution in [0.1, 0.15) is 71.8 Å². The molecule has 0 aromatic heterocycles. The van der Waals surface area contributed by atoms with Crippen molar-refractivity contribution >= 4 is 5.69 Å². The monoisotopic (exact) mass is 397 g/mol. The number of rotatable bonds is 14. The molecule has 29 heavy (non-hydrogen) atoms. The van der Waals surface area contributed by atoms with Gasteiger partial charge in [-0.25, -0.2) is 0 Å². The zero-order valence-corrected chi connectivity index (χ0v) is 18.8. The van der Waals surface area contributed by atoms with E-state index in [2.05, 4.69) is 69.4 Å². The normalized spacial score (nSPS) is 11.3. The summed E-state index contributed by atoms with van der Waals surface area (Å²) in [4.78, 5) is 0. The van der Waals surface area contributed by atoms with Gasteiger partial charge in [0.2, 0.25) is 0 Å². The maximum atomic E-state index is 5.88. The summed E-state index contributed by atoms with van der Waals surface area (Å²) < 4.78 is 11.8. The van der Waals surface area contributed by atoms with Crippen LogP contribution in [-0.2, 0) is 5.41 Å². The van der Waals surface area contributed by atoms with Crippen LogP contribution in [0.4, 0.5) is 5.69 Å². The van der Waals surface area contributed by atoms with Gasteiger partial charge in [0.05, 0.1) is 6.61 Å². The summed E-state index contributed by atoms with van der Waals surface area (Å²) >= 11 is 0. The zero-order valence-electron chi connectivity index (χ0n) is 18.8. The van der Waals surface area contributed by atoms with E-state index in [-0.39, 0.29) is 5.41 Å². The molecule has 0 unspecified atom stereocenters. The maximum absolute atomic E-state index is 5.88. The molecule has 0 amide bonds. The fourth-order valence-electron chi connectivity index (χ4n) is 3.16. The molecule has 3 nitrogen and oxygen atoms in total. The summed E-state index contributed by atoms with van der Waals surface area (Å²) in [6.45, 7) is 11.2. The number of hydrogen-bond donors (Lipinski definition) is 1. The van der Waals surface area contributed by atoms with Gasteiger partial charge in [-0.3, -0.25) is 0 Å². The molecule has 2 aromatic rings. The fourth-order valence-corrected chi connectivity index (χ4v) is 3.16. The Balaban J connectivity index is 1.68. The summed E-state index contributed by atoms with van der Waals surface area (Å²) in [7, 11) is 0. The van der Waals surface area contributed by atoms with E-state index in [0.29, 0.717) is 6.61 Å². The van der Waals surface area contributed by atoms with Crippen molar-refractivity contribution in [2.75, 3.05) is 25.1 Å². The van der Waals surface area contributed by atoms with E-state index >= 15 is 0 Å². The van der Waals surface area contributed by atoms with Gasteiger partial charge in [-0.15, -0.1) is 0 Å². The molecular formula is C26H39NO2. The largest absolute Gasteiger partial charge is 0.494 e. The predicted octanol–water partition coefficient (Wildman–Crippen LogP) is 7.21. The molecule has 0 aliphatic rings. The van der Waals surface area contributed by atoms with Crippen LogP contribution in [0.25, 0.3) is 0 Å². The SMILES string of the molecule is CCCCCCCOc1cccc(NCCOc2ccc(C(C)(C)CC)cc2)c1. The lowest BCUT2D eigenvalue weighted by Gasteiger charge is -2.23. The third kappa shape index (κ3) is 8.39. The average molecular weight is 398 g/mol. The number of unbranched alkanes of at least 4 members (excludes halogenated alkanes) is 4. The Kier molecular flexibility index (Phi) is 9.90. The Morgan fingerprint density at radius 1 is 0.793 bits per heavy atom. The van der Waals surface area contributed by atoms with Crippen molar-refractivity contribution in [2.45, 2.75) is 71.6 Å². The van der Waals surface area contributed by atoms with Crippen LogP contribution in [-0.4, -0.2) is 19.8 Å². The first-order chi connectivity index (χ1) is 14.0. The quantitative estimate of drug-likeness (QED) is 0.341. The van der Waals surface area contributed by atoms with E-state index in [0.717, 1.165) is 43.2 Å². The Morgan fingerprint density at radius 3 is 2.24 bits per heavy atom. The Labute approximate surface area is 177 Å². The van der Waals surface area contributed by atoms with Gasteiger partial charge in [-0.05, 0) is 48.1 Å². The van der Waals surface area contributed by atoms with Gasteiger partial charge in [0.15, 0.2) is 0 Å². The molecule has 0 aliphatic heterocycles. The topological polar surface area (TPSA) is 30.5 Å². The number of ether oxygens (including phenoxy) is 2. The molecule has 0 aliphatic carbocycles. The second-order valence-electron chi connectivity index (χ2n) is 8.33. The smallest absolute Gasteiger partial charge is 0.121 e. The molecule has 0 heterocycles. The zero-order chi connectivity index (χ0) is 21.0. The van der Waals surface area contributed by atoms with Gasteiger partial charge in [0.25, 0.3) is 0 Å². The molecule has 0 saturated carbocycles. The van der Waals surface area contributed by atoms with Gasteiger partial charge in [0.1, 0.15) is 18.1 Å². The van der Waals surface area contributed by atoms with E-state index in [9.17, 15) is 0 Å². The number of benzene rings is 2. The first-order valence-corrected chi connectivity index (χ1v) is 11.2. The van der Waals surface area contributed by atoms with E-state index in [1.165, 1.54) is 31.2 Å². The first kappa shape index (κ1) is 23.1. The van der Waals surface area contributed by atoms with E-state index in [4.69, 9.17) is 9.47 Å². The summed E-state index contributed by atoms with van der Waals surface area (Å²) in [6, 6.07) is 16.7. The van der Waals surface area contributed by atoms with Gasteiger partial charge in [-0.2, -0.15) is 0 Å². The molecule has 0 atom stereocenters. The van der Waals surface area contributed by atoms with Crippen molar-refractivity contribution in [3.63, 3.8) is 0 Å². The van der Waals surface area contributed by atoms with Crippen molar-refractivity contribution in [3.8, 4) is 11.5 Å². The first-order valence-electron chi connectivity index (χ1n) is 11.2. The minimum Gasteiger partial charge on any atom is -0.494 e. The Bertz CT molecular complexity index is 694. The molecular weight excluding hydrogens is 358 g/mol. The third-order valence-electron chi connectivity index (χ3n) is 5.57. The van der Waals surface area contributed by atoms with E-state index in [1.807, 2.05) is 12.1 Å². The number of anilines is 1. The molecule has 0 radical (unpaired) electrons. The van der Waals surface area contributed by atoms with Crippen LogP contribution in [0.2, 0.25) is 0 Å². The highest BCUT2D eigenvalue weighted by Crippen LogP contribution is 2.28. The molecule has 160 valence electrons. The van der Waals surface area contributed by atoms with Crippen molar-refractivity contribution in [3.05, 3.63) is 54.1 Å². The minimum atomic E-state index is 0.211. The number of hydrogen-bond acceptors (Lipinski definition) is 3. The predicted molar refractivity (Wildman–Crippen MR) is 124 cm³/mol. The highest BCUT2D eigenvalue weighted by atomic mass is 16.5. The number of nitrogens with one attached hydrogen (secondary N) is 1. The van der Waals surface area contributed by atoms with Gasteiger partial charge in [0, 0.05) is 18.3 Å². The van der Waals surface area contributed by atoms with Crippen molar-refractivity contribution in [1.29, 1.82) is 0 Å². The van der Waals surface area contributed by atoms with Crippen LogP contribution < -0.4 is 14.8 Å². The summed E-state index contributed by atoms with van der Waals surface area (Å²) in [5.74, 6) is 1.85. The lowest BCUT2D eigenvalue weighted by Crippen LogP contribution is -2.15. The molecule has 1 N–H and O–H groups in total. The van der Waals surface area contributed by atoms with Crippen LogP contribution in [0.5, 0.6) is 11.5 Å². The lowest BCUT2D eigenvalue weighted by atomic mass is 9.82. The second kappa shape index (κ2) is 12.4. The third-order valence-corrected chi connectivity index (χ3v) is 5.57. The fraction of sp³-hybridized carbons (Fsp3) is 0.538. The van der Waals surface area contributed by atoms with Crippen LogP contribution in [0, 0.1) is 0 Å². The molecule has 0 fully saturated rings. The molecule has 3 heteroatoms. The minimum absolute atomic E-state index is 0.211. The average Bonchev–Trinajstić information content (AvgIpc) is 2.74. The Morgan fingerprint density at radius 2 is 1.52 bits per heavy atom. The Hall–Kier alpha value is -2.16. The van der Waals surface area contributed by atoms with Crippen LogP contribution in [0.15, 0.2) is 48.5 Å². The van der Waals surface area contributed by atoms with E-state index in [1.54, 1.807) is 0 Å². The van der Waals surface area contributed by atoms with Gasteiger partial charge in [-0.1, -0.05) is 71.6 Å². The van der Waals surface area contributed by atoms with Crippen molar-refractivity contribution in [2.24, 2.45) is 0 Å². The van der Waals surface area contributed by atoms with Crippen molar-refractivity contribution in [1.82, 2.24) is 0 Å². The second-order valence-corrected chi connectivity index (χ2v) is 8.33. The molecule has 0 spiro atoms. The van der Waals surface area contributed by atoms with E-state index < -0.39 is 0 Å². The molecule has 0 bridgehead atoms. The highest BCUT2D eigenvalue weighted by Gasteiger charge is 2.17. The summed E-state index contributed by atoms with van der Waals surface area (Å²) in [6.07, 6.45) is 7.40. The van der Waals surface area contributed by atoms with Crippen molar-refractivity contribution < 1.29 is 9.47 Å². The lowest BCUT2D eigenvalue weighted by molar-refractivity contribution is 0.304. The standard InChI is InChI=1S/C26H39NO2/c1-5-7-8-9-10-19-28-25-13-11-12-23(21-25)27-18-20-29-24-16-14-22(15-17-24)26(3,4)6-2/h11-17,21,27H,5-10,18-20H2,1-4H3. The van der Waals surface area contributed by atoms with Gasteiger partial charge < -0.3 is 14.8 Å². The summed E-state index contributed by atoms with van der Waals surface area (Å²) in [5, 5.41) is 3.41. The molecule has 2 rings (SSSR count). The van der Waals surface area contributed by atoms with Crippen LogP contribution in [0.3, 0.4) is 0 Å². The highest BCUT2D eigenvalue weighted by molar-refractivity contribution is 5.48.